The van der Waals surface area contributed by atoms with Crippen LogP contribution < -0.4 is 5.32 Å². The summed E-state index contributed by atoms with van der Waals surface area (Å²) in [4.78, 5) is 6.91. The molecule has 0 spiro atoms. The second-order valence-corrected chi connectivity index (χ2v) is 10.6. The largest absolute Gasteiger partial charge is 0.379 e. The lowest BCUT2D eigenvalue weighted by atomic mass is 10.0. The Balaban J connectivity index is 1.23. The zero-order valence-corrected chi connectivity index (χ0v) is 22.4. The van der Waals surface area contributed by atoms with E-state index in [1.807, 2.05) is 57.9 Å². The summed E-state index contributed by atoms with van der Waals surface area (Å²) in [6.45, 7) is 5.62. The first-order valence-corrected chi connectivity index (χ1v) is 13.9. The second-order valence-electron chi connectivity index (χ2n) is 9.53. The zero-order chi connectivity index (χ0) is 26.8. The number of aromatic nitrogens is 5. The van der Waals surface area contributed by atoms with Crippen LogP contribution in [0.5, 0.6) is 0 Å². The van der Waals surface area contributed by atoms with E-state index < -0.39 is 11.3 Å². The Morgan fingerprint density at radius 3 is 2.77 bits per heavy atom. The molecule has 0 amide bonds. The fourth-order valence-corrected chi connectivity index (χ4v) is 5.15. The Morgan fingerprint density at radius 2 is 1.92 bits per heavy atom. The summed E-state index contributed by atoms with van der Waals surface area (Å²) in [5, 5.41) is 13.7. The van der Waals surface area contributed by atoms with E-state index in [0.29, 0.717) is 12.5 Å². The molecular formula is C27H30N8O3S. The third-order valence-electron chi connectivity index (χ3n) is 6.98. The number of hydrogen-bond acceptors (Lipinski definition) is 7. The summed E-state index contributed by atoms with van der Waals surface area (Å²) in [7, 11) is 1.61. The first-order chi connectivity index (χ1) is 19.0. The summed E-state index contributed by atoms with van der Waals surface area (Å²) in [6.07, 6.45) is 3.67. The van der Waals surface area contributed by atoms with Crippen molar-refractivity contribution in [2.24, 2.45) is 0 Å². The smallest absolute Gasteiger partial charge is 0.245 e. The van der Waals surface area contributed by atoms with E-state index in [2.05, 4.69) is 32.4 Å². The summed E-state index contributed by atoms with van der Waals surface area (Å²) in [6, 6.07) is 17.9. The number of anilines is 2. The number of hydrogen-bond donors (Lipinski definition) is 2. The van der Waals surface area contributed by atoms with Crippen molar-refractivity contribution in [3.8, 4) is 11.3 Å². The van der Waals surface area contributed by atoms with Gasteiger partial charge in [-0.25, -0.2) is 13.7 Å². The normalized spacial score (nSPS) is 15.4. The average molecular weight is 547 g/mol. The molecule has 1 fully saturated rings. The minimum atomic E-state index is -2.05. The molecule has 3 aromatic heterocycles. The van der Waals surface area contributed by atoms with Crippen LogP contribution in [0, 0.1) is 0 Å². The Hall–Kier alpha value is -3.68. The van der Waals surface area contributed by atoms with Crippen LogP contribution in [0.4, 0.5) is 11.6 Å². The number of benzene rings is 2. The van der Waals surface area contributed by atoms with Gasteiger partial charge in [0.1, 0.15) is 0 Å². The first-order valence-electron chi connectivity index (χ1n) is 12.8. The molecule has 1 aliphatic rings. The van der Waals surface area contributed by atoms with Crippen molar-refractivity contribution in [1.29, 1.82) is 0 Å². The minimum absolute atomic E-state index is 0.322. The van der Waals surface area contributed by atoms with Crippen LogP contribution in [0.1, 0.15) is 5.56 Å². The van der Waals surface area contributed by atoms with Gasteiger partial charge in [0.25, 0.3) is 0 Å². The summed E-state index contributed by atoms with van der Waals surface area (Å²) in [5.41, 5.74) is 5.54. The fraction of sp³-hybridized carbons (Fsp3) is 0.296. The molecule has 2 aromatic carbocycles. The topological polar surface area (TPSA) is 113 Å². The molecule has 202 valence electrons. The summed E-state index contributed by atoms with van der Waals surface area (Å²) >= 11 is -2.05. The van der Waals surface area contributed by atoms with Crippen LogP contribution in [0.15, 0.2) is 67.0 Å². The van der Waals surface area contributed by atoms with E-state index in [9.17, 15) is 8.76 Å². The van der Waals surface area contributed by atoms with E-state index in [-0.39, 0.29) is 0 Å². The maximum Gasteiger partial charge on any atom is 0.245 e. The van der Waals surface area contributed by atoms with Crippen molar-refractivity contribution < 1.29 is 13.5 Å². The number of rotatable bonds is 9. The van der Waals surface area contributed by atoms with Crippen molar-refractivity contribution in [1.82, 2.24) is 33.6 Å². The highest BCUT2D eigenvalue weighted by Gasteiger charge is 2.15. The molecule has 39 heavy (non-hydrogen) atoms. The van der Waals surface area contributed by atoms with E-state index in [1.54, 1.807) is 13.2 Å². The summed E-state index contributed by atoms with van der Waals surface area (Å²) in [5.74, 6) is 0.463. The Kier molecular flexibility index (Phi) is 7.35. The molecule has 0 aliphatic carbocycles. The molecule has 5 aromatic rings. The van der Waals surface area contributed by atoms with Crippen molar-refractivity contribution in [2.75, 3.05) is 45.2 Å². The lowest BCUT2D eigenvalue weighted by Crippen LogP contribution is -2.38. The third kappa shape index (κ3) is 5.56. The predicted molar refractivity (Wildman–Crippen MR) is 151 cm³/mol. The van der Waals surface area contributed by atoms with Crippen molar-refractivity contribution in [3.05, 3.63) is 72.6 Å². The quantitative estimate of drug-likeness (QED) is 0.271. The van der Waals surface area contributed by atoms with Crippen LogP contribution in [0.3, 0.4) is 0 Å². The third-order valence-corrected chi connectivity index (χ3v) is 7.64. The Labute approximate surface area is 228 Å². The summed E-state index contributed by atoms with van der Waals surface area (Å²) < 4.78 is 31.7. The van der Waals surface area contributed by atoms with Gasteiger partial charge in [-0.15, -0.1) is 5.10 Å². The predicted octanol–water partition coefficient (Wildman–Crippen LogP) is 3.39. The molecule has 1 aliphatic heterocycles. The van der Waals surface area contributed by atoms with Gasteiger partial charge in [0.15, 0.2) is 0 Å². The van der Waals surface area contributed by atoms with E-state index in [0.717, 1.165) is 78.3 Å². The second kappa shape index (κ2) is 11.2. The molecule has 12 heteroatoms. The highest BCUT2D eigenvalue weighted by atomic mass is 32.2. The van der Waals surface area contributed by atoms with Crippen LogP contribution in [0.25, 0.3) is 27.7 Å². The lowest BCUT2D eigenvalue weighted by molar-refractivity contribution is 0.0361. The van der Waals surface area contributed by atoms with Gasteiger partial charge in [0.05, 0.1) is 48.9 Å². The fourth-order valence-electron chi connectivity index (χ4n) is 4.90. The van der Waals surface area contributed by atoms with Crippen LogP contribution in [-0.4, -0.2) is 82.2 Å². The molecule has 1 unspecified atom stereocenters. The number of nitrogens with one attached hydrogen (secondary N) is 1. The molecule has 1 atom stereocenters. The molecule has 11 nitrogen and oxygen atoms in total. The molecule has 0 saturated carbocycles. The SMILES string of the molecule is CN(Cc1ccccc1-c1ccc2cnc(Nc3ccc4c(cnn4CCN4CCOCC4)c3)nn12)S(=O)O. The molecule has 2 N–H and O–H groups in total. The van der Waals surface area contributed by atoms with Gasteiger partial charge in [-0.05, 0) is 35.9 Å². The molecule has 1 saturated heterocycles. The van der Waals surface area contributed by atoms with Gasteiger partial charge in [0, 0.05) is 49.9 Å². The number of fused-ring (bicyclic) bond motifs is 2. The van der Waals surface area contributed by atoms with Gasteiger partial charge >= 0.3 is 0 Å². The van der Waals surface area contributed by atoms with Gasteiger partial charge in [-0.2, -0.15) is 9.40 Å². The highest BCUT2D eigenvalue weighted by Crippen LogP contribution is 2.27. The van der Waals surface area contributed by atoms with E-state index in [4.69, 9.17) is 9.84 Å². The van der Waals surface area contributed by atoms with E-state index >= 15 is 0 Å². The molecule has 0 bridgehead atoms. The van der Waals surface area contributed by atoms with E-state index in [1.165, 1.54) is 4.31 Å². The number of nitrogens with zero attached hydrogens (tertiary/aromatic N) is 7. The van der Waals surface area contributed by atoms with Gasteiger partial charge in [0.2, 0.25) is 17.2 Å². The highest BCUT2D eigenvalue weighted by molar-refractivity contribution is 7.76. The molecule has 4 heterocycles. The maximum atomic E-state index is 11.5. The molecule has 0 radical (unpaired) electrons. The minimum Gasteiger partial charge on any atom is -0.379 e. The van der Waals surface area contributed by atoms with Crippen LogP contribution in [0.2, 0.25) is 0 Å². The Morgan fingerprint density at radius 1 is 1.08 bits per heavy atom. The monoisotopic (exact) mass is 546 g/mol. The van der Waals surface area contributed by atoms with Crippen molar-refractivity contribution >= 4 is 39.3 Å². The van der Waals surface area contributed by atoms with Gasteiger partial charge < -0.3 is 10.1 Å². The standard InChI is InChI=1S/C27H30N8O3S/c1-32(39(36)37)19-20-4-2-3-5-24(20)26-9-7-23-18-28-27(31-35(23)26)30-22-6-8-25-21(16-22)17-29-34(25)11-10-33-12-14-38-15-13-33/h2-9,16-18H,10-15,19H2,1H3,(H,30,31)(H,36,37). The Bertz CT molecular complexity index is 1630. The zero-order valence-electron chi connectivity index (χ0n) is 21.6. The maximum absolute atomic E-state index is 11.5. The lowest BCUT2D eigenvalue weighted by Gasteiger charge is -2.26. The van der Waals surface area contributed by atoms with Crippen molar-refractivity contribution in [2.45, 2.75) is 13.1 Å². The van der Waals surface area contributed by atoms with Crippen LogP contribution in [-0.2, 0) is 29.1 Å². The number of ether oxygens (including phenoxy) is 1. The van der Waals surface area contributed by atoms with Crippen molar-refractivity contribution in [3.63, 3.8) is 0 Å². The van der Waals surface area contributed by atoms with Crippen LogP contribution >= 0.6 is 0 Å². The average Bonchev–Trinajstić information content (AvgIpc) is 3.56. The molecule has 6 rings (SSSR count). The van der Waals surface area contributed by atoms with Gasteiger partial charge in [-0.1, -0.05) is 24.3 Å². The molecular weight excluding hydrogens is 516 g/mol. The van der Waals surface area contributed by atoms with Gasteiger partial charge in [-0.3, -0.25) is 14.1 Å². The first kappa shape index (κ1) is 25.6. The number of morpholine rings is 1.